The van der Waals surface area contributed by atoms with Crippen LogP contribution < -0.4 is 10.6 Å². The van der Waals surface area contributed by atoms with Gasteiger partial charge in [0.1, 0.15) is 0 Å². The van der Waals surface area contributed by atoms with E-state index in [0.29, 0.717) is 6.54 Å². The number of anilines is 1. The molecule has 0 unspecified atom stereocenters. The minimum atomic E-state index is -1.60. The van der Waals surface area contributed by atoms with Crippen LogP contribution in [-0.4, -0.2) is 30.1 Å². The SMILES string of the molecule is O=C(Nc1ccc(F)c(F)c1F)N[C@H]1CCN(Cc2ccccc2)C1. The average molecular weight is 349 g/mol. The summed E-state index contributed by atoms with van der Waals surface area (Å²) >= 11 is 0. The van der Waals surface area contributed by atoms with E-state index in [9.17, 15) is 18.0 Å². The second-order valence-electron chi connectivity index (χ2n) is 6.03. The van der Waals surface area contributed by atoms with Gasteiger partial charge in [-0.2, -0.15) is 0 Å². The van der Waals surface area contributed by atoms with Crippen LogP contribution in [0.15, 0.2) is 42.5 Å². The molecule has 2 aromatic carbocycles. The maximum atomic E-state index is 13.6. The van der Waals surface area contributed by atoms with Crippen LogP contribution in [0.25, 0.3) is 0 Å². The molecule has 2 amide bonds. The minimum absolute atomic E-state index is 0.0860. The second kappa shape index (κ2) is 7.57. The van der Waals surface area contributed by atoms with Crippen LogP contribution >= 0.6 is 0 Å². The van der Waals surface area contributed by atoms with E-state index in [0.717, 1.165) is 31.6 Å². The Hall–Kier alpha value is -2.54. The third kappa shape index (κ3) is 4.30. The molecule has 1 fully saturated rings. The Bertz CT molecular complexity index is 755. The van der Waals surface area contributed by atoms with Gasteiger partial charge in [0.15, 0.2) is 17.5 Å². The number of nitrogens with zero attached hydrogens (tertiary/aromatic N) is 1. The first kappa shape index (κ1) is 17.3. The summed E-state index contributed by atoms with van der Waals surface area (Å²) in [6, 6.07) is 11.0. The molecule has 132 valence electrons. The van der Waals surface area contributed by atoms with Crippen molar-refractivity contribution in [3.63, 3.8) is 0 Å². The summed E-state index contributed by atoms with van der Waals surface area (Å²) in [7, 11) is 0. The summed E-state index contributed by atoms with van der Waals surface area (Å²) in [4.78, 5) is 14.2. The highest BCUT2D eigenvalue weighted by Crippen LogP contribution is 2.20. The van der Waals surface area contributed by atoms with Gasteiger partial charge in [-0.15, -0.1) is 0 Å². The molecule has 0 spiro atoms. The number of halogens is 3. The first-order valence-electron chi connectivity index (χ1n) is 8.00. The van der Waals surface area contributed by atoms with Crippen molar-refractivity contribution < 1.29 is 18.0 Å². The van der Waals surface area contributed by atoms with E-state index in [1.165, 1.54) is 5.56 Å². The zero-order valence-electron chi connectivity index (χ0n) is 13.4. The summed E-state index contributed by atoms with van der Waals surface area (Å²) in [5.74, 6) is -4.31. The number of nitrogens with one attached hydrogen (secondary N) is 2. The second-order valence-corrected chi connectivity index (χ2v) is 6.03. The van der Waals surface area contributed by atoms with E-state index in [4.69, 9.17) is 0 Å². The van der Waals surface area contributed by atoms with Crippen LogP contribution in [0.1, 0.15) is 12.0 Å². The highest BCUT2D eigenvalue weighted by atomic mass is 19.2. The van der Waals surface area contributed by atoms with Crippen molar-refractivity contribution in [1.82, 2.24) is 10.2 Å². The Morgan fingerprint density at radius 2 is 1.84 bits per heavy atom. The Balaban J connectivity index is 1.52. The third-order valence-electron chi connectivity index (χ3n) is 4.14. The zero-order valence-corrected chi connectivity index (χ0v) is 13.4. The lowest BCUT2D eigenvalue weighted by Gasteiger charge is -2.17. The molecule has 25 heavy (non-hydrogen) atoms. The van der Waals surface area contributed by atoms with Gasteiger partial charge in [-0.25, -0.2) is 18.0 Å². The summed E-state index contributed by atoms with van der Waals surface area (Å²) in [6.45, 7) is 2.29. The number of likely N-dealkylation sites (tertiary alicyclic amines) is 1. The maximum Gasteiger partial charge on any atom is 0.319 e. The van der Waals surface area contributed by atoms with Gasteiger partial charge < -0.3 is 10.6 Å². The first-order valence-corrected chi connectivity index (χ1v) is 8.00. The molecule has 1 heterocycles. The molecule has 3 rings (SSSR count). The number of rotatable bonds is 4. The van der Waals surface area contributed by atoms with Crippen molar-refractivity contribution in [3.8, 4) is 0 Å². The van der Waals surface area contributed by atoms with Gasteiger partial charge in [0, 0.05) is 25.7 Å². The average Bonchev–Trinajstić information content (AvgIpc) is 3.03. The normalized spacial score (nSPS) is 17.5. The smallest absolute Gasteiger partial charge is 0.319 e. The van der Waals surface area contributed by atoms with E-state index in [1.807, 2.05) is 30.3 Å². The van der Waals surface area contributed by atoms with Gasteiger partial charge in [-0.1, -0.05) is 30.3 Å². The number of benzene rings is 2. The number of hydrogen-bond donors (Lipinski definition) is 2. The number of amides is 2. The summed E-state index contributed by atoms with van der Waals surface area (Å²) < 4.78 is 39.6. The molecule has 1 aliphatic heterocycles. The molecule has 0 radical (unpaired) electrons. The first-order chi connectivity index (χ1) is 12.0. The van der Waals surface area contributed by atoms with Gasteiger partial charge in [-0.3, -0.25) is 4.90 Å². The monoisotopic (exact) mass is 349 g/mol. The summed E-state index contributed by atoms with van der Waals surface area (Å²) in [6.07, 6.45) is 0.764. The lowest BCUT2D eigenvalue weighted by atomic mass is 10.2. The van der Waals surface area contributed by atoms with Crippen LogP contribution in [-0.2, 0) is 6.54 Å². The zero-order chi connectivity index (χ0) is 17.8. The molecular weight excluding hydrogens is 331 g/mol. The van der Waals surface area contributed by atoms with Crippen molar-refractivity contribution in [2.75, 3.05) is 18.4 Å². The molecule has 1 aliphatic rings. The molecule has 0 aliphatic carbocycles. The Morgan fingerprint density at radius 1 is 1.08 bits per heavy atom. The molecular formula is C18H18F3N3O. The number of carbonyl (C=O) groups is 1. The molecule has 0 aromatic heterocycles. The van der Waals surface area contributed by atoms with Crippen molar-refractivity contribution >= 4 is 11.7 Å². The molecule has 2 aromatic rings. The fourth-order valence-corrected chi connectivity index (χ4v) is 2.90. The number of hydrogen-bond acceptors (Lipinski definition) is 2. The van der Waals surface area contributed by atoms with Crippen molar-refractivity contribution in [2.45, 2.75) is 19.0 Å². The highest BCUT2D eigenvalue weighted by molar-refractivity contribution is 5.89. The molecule has 1 saturated heterocycles. The fraction of sp³-hybridized carbons (Fsp3) is 0.278. The van der Waals surface area contributed by atoms with Crippen LogP contribution in [0.2, 0.25) is 0 Å². The number of urea groups is 1. The molecule has 2 N–H and O–H groups in total. The summed E-state index contributed by atoms with van der Waals surface area (Å²) in [5, 5.41) is 4.95. The fourth-order valence-electron chi connectivity index (χ4n) is 2.90. The van der Waals surface area contributed by atoms with E-state index in [-0.39, 0.29) is 6.04 Å². The van der Waals surface area contributed by atoms with E-state index < -0.39 is 29.2 Å². The predicted octanol–water partition coefficient (Wildman–Crippen LogP) is 3.50. The maximum absolute atomic E-state index is 13.6. The van der Waals surface area contributed by atoms with Gasteiger partial charge >= 0.3 is 6.03 Å². The predicted molar refractivity (Wildman–Crippen MR) is 88.6 cm³/mol. The summed E-state index contributed by atoms with van der Waals surface area (Å²) in [5.41, 5.74) is 0.798. The van der Waals surface area contributed by atoms with Crippen LogP contribution in [0, 0.1) is 17.5 Å². The van der Waals surface area contributed by atoms with Crippen LogP contribution in [0.3, 0.4) is 0 Å². The van der Waals surface area contributed by atoms with Gasteiger partial charge in [-0.05, 0) is 24.1 Å². The Kier molecular flexibility index (Phi) is 5.23. The van der Waals surface area contributed by atoms with E-state index in [2.05, 4.69) is 15.5 Å². The lowest BCUT2D eigenvalue weighted by molar-refractivity contribution is 0.247. The standard InChI is InChI=1S/C18H18F3N3O/c19-14-6-7-15(17(21)16(14)20)23-18(25)22-13-8-9-24(11-13)10-12-4-2-1-3-5-12/h1-7,13H,8-11H2,(H2,22,23,25)/t13-/m0/s1. The van der Waals surface area contributed by atoms with E-state index in [1.54, 1.807) is 0 Å². The third-order valence-corrected chi connectivity index (χ3v) is 4.14. The Labute approximate surface area is 143 Å². The minimum Gasteiger partial charge on any atom is -0.334 e. The lowest BCUT2D eigenvalue weighted by Crippen LogP contribution is -2.39. The van der Waals surface area contributed by atoms with Crippen LogP contribution in [0.5, 0.6) is 0 Å². The topological polar surface area (TPSA) is 44.4 Å². The molecule has 1 atom stereocenters. The molecule has 0 saturated carbocycles. The van der Waals surface area contributed by atoms with Gasteiger partial charge in [0.2, 0.25) is 0 Å². The van der Waals surface area contributed by atoms with Crippen molar-refractivity contribution in [2.24, 2.45) is 0 Å². The largest absolute Gasteiger partial charge is 0.334 e. The van der Waals surface area contributed by atoms with Crippen molar-refractivity contribution in [1.29, 1.82) is 0 Å². The van der Waals surface area contributed by atoms with Gasteiger partial charge in [0.25, 0.3) is 0 Å². The molecule has 0 bridgehead atoms. The van der Waals surface area contributed by atoms with Gasteiger partial charge in [0.05, 0.1) is 5.69 Å². The van der Waals surface area contributed by atoms with E-state index >= 15 is 0 Å². The number of carbonyl (C=O) groups excluding carboxylic acids is 1. The van der Waals surface area contributed by atoms with Crippen molar-refractivity contribution in [3.05, 3.63) is 65.5 Å². The molecule has 4 nitrogen and oxygen atoms in total. The molecule has 7 heteroatoms. The van der Waals surface area contributed by atoms with Crippen LogP contribution in [0.4, 0.5) is 23.7 Å². The quantitative estimate of drug-likeness (QED) is 0.830. The Morgan fingerprint density at radius 3 is 2.60 bits per heavy atom. The highest BCUT2D eigenvalue weighted by Gasteiger charge is 2.24.